The summed E-state index contributed by atoms with van der Waals surface area (Å²) in [6.45, 7) is 2.57. The Morgan fingerprint density at radius 2 is 1.86 bits per heavy atom. The maximum atomic E-state index is 14.8. The number of rotatable bonds is 7. The van der Waals surface area contributed by atoms with Crippen LogP contribution in [0.2, 0.25) is 0 Å². The Balaban J connectivity index is 1.29. The number of benzene rings is 3. The summed E-state index contributed by atoms with van der Waals surface area (Å²) < 4.78 is 41.9. The highest BCUT2D eigenvalue weighted by atomic mass is 19.1. The number of nitriles is 1. The molecular formula is C28H26F2N4O3. The van der Waals surface area contributed by atoms with Gasteiger partial charge in [0.2, 0.25) is 0 Å². The Morgan fingerprint density at radius 3 is 2.57 bits per heavy atom. The van der Waals surface area contributed by atoms with Crippen molar-refractivity contribution in [3.8, 4) is 6.07 Å². The van der Waals surface area contributed by atoms with Crippen LogP contribution >= 0.6 is 0 Å². The van der Waals surface area contributed by atoms with Crippen molar-refractivity contribution in [1.29, 1.82) is 5.26 Å². The third-order valence-corrected chi connectivity index (χ3v) is 7.00. The summed E-state index contributed by atoms with van der Waals surface area (Å²) in [5.41, 5.74) is -0.183. The molecule has 1 aliphatic rings. The summed E-state index contributed by atoms with van der Waals surface area (Å²) >= 11 is 0. The summed E-state index contributed by atoms with van der Waals surface area (Å²) in [6.07, 6.45) is 2.73. The first-order chi connectivity index (χ1) is 17.9. The van der Waals surface area contributed by atoms with E-state index in [4.69, 9.17) is 14.7 Å². The molecule has 3 aromatic carbocycles. The van der Waals surface area contributed by atoms with Crippen LogP contribution in [-0.4, -0.2) is 33.1 Å². The van der Waals surface area contributed by atoms with Gasteiger partial charge >= 0.3 is 0 Å². The average Bonchev–Trinajstić information content (AvgIpc) is 3.41. The van der Waals surface area contributed by atoms with Gasteiger partial charge in [-0.15, -0.1) is 0 Å². The zero-order valence-corrected chi connectivity index (χ0v) is 20.2. The first kappa shape index (κ1) is 25.0. The third kappa shape index (κ3) is 5.23. The zero-order valence-electron chi connectivity index (χ0n) is 20.2. The second-order valence-corrected chi connectivity index (χ2v) is 9.58. The molecule has 190 valence electrons. The minimum atomic E-state index is -1.66. The molecule has 0 saturated carbocycles. The van der Waals surface area contributed by atoms with Crippen molar-refractivity contribution < 1.29 is 23.4 Å². The Bertz CT molecular complexity index is 1430. The molecule has 2 heterocycles. The molecule has 1 N–H and O–H groups in total. The number of ether oxygens (including phenoxy) is 2. The molecule has 7 nitrogen and oxygen atoms in total. The van der Waals surface area contributed by atoms with Crippen molar-refractivity contribution >= 4 is 10.8 Å². The van der Waals surface area contributed by atoms with E-state index in [0.29, 0.717) is 25.2 Å². The van der Waals surface area contributed by atoms with Crippen LogP contribution in [0.1, 0.15) is 36.3 Å². The Hall–Kier alpha value is -3.71. The maximum absolute atomic E-state index is 14.8. The van der Waals surface area contributed by atoms with Crippen LogP contribution in [0.5, 0.6) is 0 Å². The van der Waals surface area contributed by atoms with E-state index >= 15 is 0 Å². The molecule has 0 unspecified atom stereocenters. The minimum Gasteiger partial charge on any atom is -0.383 e. The largest absolute Gasteiger partial charge is 0.383 e. The molecular weight excluding hydrogens is 478 g/mol. The van der Waals surface area contributed by atoms with Gasteiger partial charge in [-0.05, 0) is 47.4 Å². The highest BCUT2D eigenvalue weighted by molar-refractivity contribution is 5.84. The summed E-state index contributed by atoms with van der Waals surface area (Å²) in [6, 6.07) is 16.7. The van der Waals surface area contributed by atoms with Gasteiger partial charge < -0.3 is 14.6 Å². The van der Waals surface area contributed by atoms with E-state index in [1.54, 1.807) is 6.07 Å². The quantitative estimate of drug-likeness (QED) is 0.387. The molecule has 0 aliphatic carbocycles. The molecule has 1 aliphatic heterocycles. The number of nitrogens with zero attached hydrogens (tertiary/aromatic N) is 4. The highest BCUT2D eigenvalue weighted by Crippen LogP contribution is 2.38. The topological polar surface area (TPSA) is 93.2 Å². The van der Waals surface area contributed by atoms with Crippen LogP contribution in [0.4, 0.5) is 8.78 Å². The lowest BCUT2D eigenvalue weighted by molar-refractivity contribution is -0.210. The summed E-state index contributed by atoms with van der Waals surface area (Å²) in [5.74, 6) is -2.02. The molecule has 1 fully saturated rings. The van der Waals surface area contributed by atoms with E-state index in [0.717, 1.165) is 28.5 Å². The molecule has 0 spiro atoms. The molecule has 5 rings (SSSR count). The normalized spacial score (nSPS) is 20.3. The van der Waals surface area contributed by atoms with Crippen LogP contribution < -0.4 is 0 Å². The van der Waals surface area contributed by atoms with Gasteiger partial charge in [-0.1, -0.05) is 31.2 Å². The molecule has 2 atom stereocenters. The van der Waals surface area contributed by atoms with Gasteiger partial charge in [0, 0.05) is 23.1 Å². The van der Waals surface area contributed by atoms with Crippen LogP contribution in [0.25, 0.3) is 10.8 Å². The predicted octanol–water partition coefficient (Wildman–Crippen LogP) is 4.86. The number of hydrogen-bond donors (Lipinski definition) is 1. The van der Waals surface area contributed by atoms with Crippen molar-refractivity contribution in [3.63, 3.8) is 0 Å². The second kappa shape index (κ2) is 10.3. The van der Waals surface area contributed by atoms with Gasteiger partial charge in [-0.25, -0.2) is 18.4 Å². The molecule has 4 aromatic rings. The van der Waals surface area contributed by atoms with E-state index in [1.807, 2.05) is 37.3 Å². The molecule has 0 radical (unpaired) electrons. The number of aliphatic hydroxyl groups is 1. The second-order valence-electron chi connectivity index (χ2n) is 9.58. The van der Waals surface area contributed by atoms with Crippen molar-refractivity contribution in [3.05, 3.63) is 95.6 Å². The first-order valence-corrected chi connectivity index (χ1v) is 12.0. The van der Waals surface area contributed by atoms with Crippen LogP contribution in [0.15, 0.2) is 67.3 Å². The van der Waals surface area contributed by atoms with Gasteiger partial charge in [0.05, 0.1) is 31.4 Å². The average molecular weight is 505 g/mol. The summed E-state index contributed by atoms with van der Waals surface area (Å²) in [7, 11) is 0. The standard InChI is InChI=1S/C28H26F2N4O3/c1-18(28(35,15-34-17-32-16-33-34)25-7-6-24(29)11-26(25)30)8-20-13-36-27(37-14-20)23-5-4-21-9-19(12-31)2-3-22(21)10-23/h2-7,9-11,16-18,20,27,35H,8,13-15H2,1H3/t18-,20?,27?,28+/m0/s1. The lowest BCUT2D eigenvalue weighted by atomic mass is 9.77. The van der Waals surface area contributed by atoms with Crippen molar-refractivity contribution in [1.82, 2.24) is 14.8 Å². The predicted molar refractivity (Wildman–Crippen MR) is 131 cm³/mol. The Labute approximate surface area is 212 Å². The number of hydrogen-bond acceptors (Lipinski definition) is 6. The van der Waals surface area contributed by atoms with Gasteiger partial charge in [-0.2, -0.15) is 10.4 Å². The van der Waals surface area contributed by atoms with E-state index in [2.05, 4.69) is 16.2 Å². The fourth-order valence-electron chi connectivity index (χ4n) is 4.96. The van der Waals surface area contributed by atoms with E-state index in [-0.39, 0.29) is 18.0 Å². The molecule has 9 heteroatoms. The summed E-state index contributed by atoms with van der Waals surface area (Å²) in [4.78, 5) is 3.91. The minimum absolute atomic E-state index is 0.00291. The lowest BCUT2D eigenvalue weighted by Crippen LogP contribution is -2.41. The van der Waals surface area contributed by atoms with E-state index in [9.17, 15) is 13.9 Å². The molecule has 0 bridgehead atoms. The van der Waals surface area contributed by atoms with Crippen LogP contribution in [-0.2, 0) is 21.6 Å². The van der Waals surface area contributed by atoms with Gasteiger partial charge in [0.1, 0.15) is 29.9 Å². The van der Waals surface area contributed by atoms with Crippen molar-refractivity contribution in [2.75, 3.05) is 13.2 Å². The monoisotopic (exact) mass is 504 g/mol. The highest BCUT2D eigenvalue weighted by Gasteiger charge is 2.40. The molecule has 1 saturated heterocycles. The fraction of sp³-hybridized carbons (Fsp3) is 0.321. The van der Waals surface area contributed by atoms with Gasteiger partial charge in [-0.3, -0.25) is 0 Å². The lowest BCUT2D eigenvalue weighted by Gasteiger charge is -2.38. The summed E-state index contributed by atoms with van der Waals surface area (Å²) in [5, 5.41) is 26.8. The van der Waals surface area contributed by atoms with Crippen LogP contribution in [0, 0.1) is 34.8 Å². The SMILES string of the molecule is C[C@@H](CC1COC(c2ccc3cc(C#N)ccc3c2)OC1)[C@](O)(Cn1cncn1)c1ccc(F)cc1F. The van der Waals surface area contributed by atoms with E-state index < -0.39 is 29.4 Å². The smallest absolute Gasteiger partial charge is 0.183 e. The Morgan fingerprint density at radius 1 is 1.11 bits per heavy atom. The zero-order chi connectivity index (χ0) is 26.0. The molecule has 37 heavy (non-hydrogen) atoms. The Kier molecular flexibility index (Phi) is 6.98. The maximum Gasteiger partial charge on any atom is 0.183 e. The van der Waals surface area contributed by atoms with Crippen molar-refractivity contribution in [2.45, 2.75) is 31.8 Å². The number of fused-ring (bicyclic) bond motifs is 1. The molecule has 1 aromatic heterocycles. The van der Waals surface area contributed by atoms with Gasteiger partial charge in [0.15, 0.2) is 6.29 Å². The van der Waals surface area contributed by atoms with Crippen LogP contribution in [0.3, 0.4) is 0 Å². The van der Waals surface area contributed by atoms with E-state index in [1.165, 1.54) is 23.4 Å². The third-order valence-electron chi connectivity index (χ3n) is 7.00. The molecule has 0 amide bonds. The first-order valence-electron chi connectivity index (χ1n) is 12.0. The number of halogens is 2. The number of aromatic nitrogens is 3. The van der Waals surface area contributed by atoms with Crippen molar-refractivity contribution in [2.24, 2.45) is 11.8 Å². The fourth-order valence-corrected chi connectivity index (χ4v) is 4.96. The van der Waals surface area contributed by atoms with Gasteiger partial charge in [0.25, 0.3) is 0 Å².